The van der Waals surface area contributed by atoms with Crippen molar-refractivity contribution < 1.29 is 14.1 Å². The molecule has 0 fully saturated rings. The van der Waals surface area contributed by atoms with Crippen LogP contribution < -0.4 is 5.56 Å². The number of hydrogen-bond acceptors (Lipinski definition) is 7. The van der Waals surface area contributed by atoms with Gasteiger partial charge in [0.15, 0.2) is 6.61 Å². The Bertz CT molecular complexity index is 821. The molecule has 0 radical (unpaired) electrons. The zero-order valence-electron chi connectivity index (χ0n) is 11.2. The van der Waals surface area contributed by atoms with Crippen LogP contribution in [0.15, 0.2) is 51.8 Å². The molecule has 0 aliphatic heterocycles. The molecule has 0 saturated heterocycles. The molecule has 0 saturated carbocycles. The monoisotopic (exact) mass is 298 g/mol. The van der Waals surface area contributed by atoms with E-state index in [1.165, 1.54) is 12.1 Å². The number of ether oxygens (including phenoxy) is 1. The molecule has 22 heavy (non-hydrogen) atoms. The average molecular weight is 298 g/mol. The Morgan fingerprint density at radius 3 is 2.73 bits per heavy atom. The lowest BCUT2D eigenvalue weighted by molar-refractivity contribution is 0.0459. The van der Waals surface area contributed by atoms with E-state index in [-0.39, 0.29) is 23.9 Å². The van der Waals surface area contributed by atoms with Crippen LogP contribution in [-0.2, 0) is 11.3 Å². The fraction of sp³-hybridized carbons (Fsp3) is 0.0714. The summed E-state index contributed by atoms with van der Waals surface area (Å²) in [7, 11) is 0. The van der Waals surface area contributed by atoms with E-state index in [2.05, 4.69) is 20.3 Å². The first kappa shape index (κ1) is 13.7. The largest absolute Gasteiger partial charge is 0.454 e. The molecule has 2 aromatic heterocycles. The maximum atomic E-state index is 11.8. The van der Waals surface area contributed by atoms with E-state index < -0.39 is 5.97 Å². The predicted molar refractivity (Wildman–Crippen MR) is 73.7 cm³/mol. The second-order valence-corrected chi connectivity index (χ2v) is 4.26. The van der Waals surface area contributed by atoms with Gasteiger partial charge >= 0.3 is 5.97 Å². The maximum Gasteiger partial charge on any atom is 0.338 e. The molecule has 1 N–H and O–H groups in total. The molecule has 8 heteroatoms. The number of carbonyl (C=O) groups is 1. The quantitative estimate of drug-likeness (QED) is 0.720. The van der Waals surface area contributed by atoms with Crippen LogP contribution in [0, 0.1) is 0 Å². The number of nitrogens with one attached hydrogen (secondary N) is 1. The highest BCUT2D eigenvalue weighted by atomic mass is 16.5. The Morgan fingerprint density at radius 1 is 1.18 bits per heavy atom. The Labute approximate surface area is 123 Å². The molecule has 1 aromatic carbocycles. The Hall–Kier alpha value is -3.29. The van der Waals surface area contributed by atoms with Gasteiger partial charge in [-0.1, -0.05) is 23.4 Å². The van der Waals surface area contributed by atoms with Crippen LogP contribution >= 0.6 is 0 Å². The average Bonchev–Trinajstić information content (AvgIpc) is 3.03. The van der Waals surface area contributed by atoms with Crippen LogP contribution in [0.3, 0.4) is 0 Å². The summed E-state index contributed by atoms with van der Waals surface area (Å²) in [5, 5.41) is 9.71. The number of aromatic nitrogens is 4. The Balaban J connectivity index is 1.66. The van der Waals surface area contributed by atoms with Gasteiger partial charge in [0, 0.05) is 6.07 Å². The van der Waals surface area contributed by atoms with Gasteiger partial charge in [0.25, 0.3) is 11.4 Å². The molecular formula is C14H10N4O4. The van der Waals surface area contributed by atoms with Crippen LogP contribution in [0.4, 0.5) is 0 Å². The smallest absolute Gasteiger partial charge is 0.338 e. The summed E-state index contributed by atoms with van der Waals surface area (Å²) in [6.45, 7) is -0.124. The highest BCUT2D eigenvalue weighted by Gasteiger charge is 2.13. The first-order valence-corrected chi connectivity index (χ1v) is 6.33. The lowest BCUT2D eigenvalue weighted by Crippen LogP contribution is -2.06. The predicted octanol–water partition coefficient (Wildman–Crippen LogP) is 1.18. The third-order valence-electron chi connectivity index (χ3n) is 2.71. The number of rotatable bonds is 4. The SMILES string of the molecule is O=C(OCc1noc(-c2ccc(=O)[nH]n2)n1)c1ccccc1. The van der Waals surface area contributed by atoms with E-state index in [1.54, 1.807) is 30.3 Å². The minimum Gasteiger partial charge on any atom is -0.454 e. The normalized spacial score (nSPS) is 10.4. The first-order chi connectivity index (χ1) is 10.7. The molecule has 2 heterocycles. The van der Waals surface area contributed by atoms with Crippen molar-refractivity contribution in [1.29, 1.82) is 0 Å². The van der Waals surface area contributed by atoms with Crippen LogP contribution in [-0.4, -0.2) is 26.3 Å². The molecule has 0 bridgehead atoms. The van der Waals surface area contributed by atoms with Gasteiger partial charge in [-0.2, -0.15) is 10.1 Å². The van der Waals surface area contributed by atoms with Gasteiger partial charge < -0.3 is 9.26 Å². The van der Waals surface area contributed by atoms with Gasteiger partial charge in [0.05, 0.1) is 5.56 Å². The molecule has 0 aliphatic carbocycles. The summed E-state index contributed by atoms with van der Waals surface area (Å²) in [6, 6.07) is 11.3. The number of hydrogen-bond donors (Lipinski definition) is 1. The molecule has 110 valence electrons. The van der Waals surface area contributed by atoms with Gasteiger partial charge in [-0.3, -0.25) is 4.79 Å². The van der Waals surface area contributed by atoms with E-state index in [0.717, 1.165) is 0 Å². The van der Waals surface area contributed by atoms with E-state index in [1.807, 2.05) is 0 Å². The maximum absolute atomic E-state index is 11.8. The van der Waals surface area contributed by atoms with Crippen LogP contribution in [0.2, 0.25) is 0 Å². The molecule has 0 amide bonds. The molecule has 0 aliphatic rings. The van der Waals surface area contributed by atoms with Crippen molar-refractivity contribution in [2.24, 2.45) is 0 Å². The molecule has 3 aromatic rings. The van der Waals surface area contributed by atoms with Gasteiger partial charge in [-0.15, -0.1) is 0 Å². The van der Waals surface area contributed by atoms with Crippen molar-refractivity contribution >= 4 is 5.97 Å². The summed E-state index contributed by atoms with van der Waals surface area (Å²) in [5.74, 6) is -0.150. The summed E-state index contributed by atoms with van der Waals surface area (Å²) in [5.41, 5.74) is 0.432. The lowest BCUT2D eigenvalue weighted by Gasteiger charge is -2.00. The fourth-order valence-electron chi connectivity index (χ4n) is 1.67. The van der Waals surface area contributed by atoms with Crippen molar-refractivity contribution in [2.45, 2.75) is 6.61 Å². The van der Waals surface area contributed by atoms with Crippen molar-refractivity contribution in [2.75, 3.05) is 0 Å². The fourth-order valence-corrected chi connectivity index (χ4v) is 1.67. The molecule has 0 atom stereocenters. The molecular weight excluding hydrogens is 288 g/mol. The number of aromatic amines is 1. The number of esters is 1. The Kier molecular flexibility index (Phi) is 3.73. The first-order valence-electron chi connectivity index (χ1n) is 6.33. The summed E-state index contributed by atoms with van der Waals surface area (Å²) < 4.78 is 10.1. The minimum atomic E-state index is -0.478. The van der Waals surface area contributed by atoms with E-state index >= 15 is 0 Å². The number of carbonyl (C=O) groups excluding carboxylic acids is 1. The lowest BCUT2D eigenvalue weighted by atomic mass is 10.2. The summed E-state index contributed by atoms with van der Waals surface area (Å²) >= 11 is 0. The van der Waals surface area contributed by atoms with Crippen LogP contribution in [0.5, 0.6) is 0 Å². The highest BCUT2D eigenvalue weighted by Crippen LogP contribution is 2.12. The molecule has 0 spiro atoms. The van der Waals surface area contributed by atoms with Gasteiger partial charge in [0.2, 0.25) is 5.82 Å². The zero-order valence-corrected chi connectivity index (χ0v) is 11.2. The second-order valence-electron chi connectivity index (χ2n) is 4.26. The van der Waals surface area contributed by atoms with Crippen molar-refractivity contribution in [3.8, 4) is 11.6 Å². The second kappa shape index (κ2) is 6.00. The van der Waals surface area contributed by atoms with E-state index in [9.17, 15) is 9.59 Å². The van der Waals surface area contributed by atoms with E-state index in [4.69, 9.17) is 9.26 Å². The third-order valence-corrected chi connectivity index (χ3v) is 2.71. The third kappa shape index (κ3) is 3.06. The minimum absolute atomic E-state index is 0.124. The molecule has 0 unspecified atom stereocenters. The number of H-pyrrole nitrogens is 1. The van der Waals surface area contributed by atoms with Crippen LogP contribution in [0.1, 0.15) is 16.2 Å². The van der Waals surface area contributed by atoms with Crippen molar-refractivity contribution in [3.63, 3.8) is 0 Å². The Morgan fingerprint density at radius 2 is 2.00 bits per heavy atom. The van der Waals surface area contributed by atoms with E-state index in [0.29, 0.717) is 11.3 Å². The van der Waals surface area contributed by atoms with Crippen LogP contribution in [0.25, 0.3) is 11.6 Å². The van der Waals surface area contributed by atoms with Crippen molar-refractivity contribution in [3.05, 3.63) is 64.2 Å². The van der Waals surface area contributed by atoms with Gasteiger partial charge in [0.1, 0.15) is 5.69 Å². The standard InChI is InChI=1S/C14H10N4O4/c19-12-7-6-10(16-17-12)13-15-11(18-22-13)8-21-14(20)9-4-2-1-3-5-9/h1-7H,8H2,(H,17,19). The molecule has 3 rings (SSSR count). The molecule has 8 nitrogen and oxygen atoms in total. The van der Waals surface area contributed by atoms with Crippen molar-refractivity contribution in [1.82, 2.24) is 20.3 Å². The van der Waals surface area contributed by atoms with Gasteiger partial charge in [-0.25, -0.2) is 9.89 Å². The number of benzene rings is 1. The zero-order chi connectivity index (χ0) is 15.4. The van der Waals surface area contributed by atoms with Gasteiger partial charge in [-0.05, 0) is 18.2 Å². The highest BCUT2D eigenvalue weighted by molar-refractivity contribution is 5.89. The summed E-state index contributed by atoms with van der Waals surface area (Å²) in [6.07, 6.45) is 0. The number of nitrogens with zero attached hydrogens (tertiary/aromatic N) is 3. The summed E-state index contributed by atoms with van der Waals surface area (Å²) in [4.78, 5) is 26.7. The topological polar surface area (TPSA) is 111 Å².